The summed E-state index contributed by atoms with van der Waals surface area (Å²) in [5, 5.41) is 9.89. The van der Waals surface area contributed by atoms with Gasteiger partial charge in [0, 0.05) is 42.1 Å². The monoisotopic (exact) mass is 386 g/mol. The molecule has 28 heavy (non-hydrogen) atoms. The van der Waals surface area contributed by atoms with Crippen molar-refractivity contribution in [2.24, 2.45) is 11.3 Å². The summed E-state index contributed by atoms with van der Waals surface area (Å²) >= 11 is 0. The molecule has 0 aromatic carbocycles. The van der Waals surface area contributed by atoms with Crippen LogP contribution in [0.1, 0.15) is 76.5 Å². The van der Waals surface area contributed by atoms with Crippen LogP contribution in [0.5, 0.6) is 5.88 Å². The molecule has 1 amide bonds. The third kappa shape index (κ3) is 3.91. The molecule has 1 aromatic heterocycles. The first-order chi connectivity index (χ1) is 13.1. The average Bonchev–Trinajstić information content (AvgIpc) is 2.56. The van der Waals surface area contributed by atoms with Crippen molar-refractivity contribution < 1.29 is 14.6 Å². The van der Waals surface area contributed by atoms with Crippen molar-refractivity contribution in [3.8, 4) is 5.88 Å². The Morgan fingerprint density at radius 3 is 2.46 bits per heavy atom. The molecule has 0 radical (unpaired) electrons. The zero-order valence-electron chi connectivity index (χ0n) is 17.7. The minimum atomic E-state index is -0.625. The van der Waals surface area contributed by atoms with Crippen LogP contribution >= 0.6 is 0 Å². The number of carbonyl (C=O) groups excluding carboxylic acids is 1. The molecule has 1 aliphatic heterocycles. The molecule has 3 aliphatic rings. The molecule has 2 aliphatic carbocycles. The van der Waals surface area contributed by atoms with Crippen molar-refractivity contribution in [3.63, 3.8) is 0 Å². The van der Waals surface area contributed by atoms with Crippen LogP contribution in [0, 0.1) is 18.3 Å². The lowest BCUT2D eigenvalue weighted by Crippen LogP contribution is -2.62. The summed E-state index contributed by atoms with van der Waals surface area (Å²) in [6.45, 7) is 9.80. The minimum Gasteiger partial charge on any atom is -0.475 e. The third-order valence-corrected chi connectivity index (χ3v) is 6.87. The van der Waals surface area contributed by atoms with Crippen LogP contribution < -0.4 is 4.74 Å². The van der Waals surface area contributed by atoms with E-state index in [9.17, 15) is 9.90 Å². The lowest BCUT2D eigenvalue weighted by molar-refractivity contribution is -0.163. The van der Waals surface area contributed by atoms with Gasteiger partial charge in [-0.15, -0.1) is 0 Å². The summed E-state index contributed by atoms with van der Waals surface area (Å²) in [6.07, 6.45) is 5.98. The van der Waals surface area contributed by atoms with Crippen molar-refractivity contribution in [2.45, 2.75) is 83.8 Å². The van der Waals surface area contributed by atoms with Crippen LogP contribution in [0.2, 0.25) is 0 Å². The Morgan fingerprint density at radius 1 is 1.25 bits per heavy atom. The van der Waals surface area contributed by atoms with E-state index >= 15 is 0 Å². The van der Waals surface area contributed by atoms with Gasteiger partial charge in [0.15, 0.2) is 0 Å². The third-order valence-electron chi connectivity index (χ3n) is 6.87. The summed E-state index contributed by atoms with van der Waals surface area (Å²) in [5.41, 5.74) is 2.06. The normalized spacial score (nSPS) is 29.5. The first-order valence-electron chi connectivity index (χ1n) is 10.8. The maximum atomic E-state index is 12.6. The van der Waals surface area contributed by atoms with Crippen LogP contribution in [0.3, 0.4) is 0 Å². The van der Waals surface area contributed by atoms with Crippen molar-refractivity contribution in [3.05, 3.63) is 23.4 Å². The molecule has 0 bridgehead atoms. The topological polar surface area (TPSA) is 62.7 Å². The van der Waals surface area contributed by atoms with Gasteiger partial charge in [0.25, 0.3) is 0 Å². The predicted octanol–water partition coefficient (Wildman–Crippen LogP) is 3.82. The molecule has 0 atom stereocenters. The summed E-state index contributed by atoms with van der Waals surface area (Å²) in [5.74, 6) is 1.53. The zero-order valence-corrected chi connectivity index (χ0v) is 17.7. The fourth-order valence-corrected chi connectivity index (χ4v) is 5.37. The maximum absolute atomic E-state index is 12.6. The second kappa shape index (κ2) is 7.01. The second-order valence-corrected chi connectivity index (χ2v) is 10.1. The fraction of sp³-hybridized carbons (Fsp3) is 0.739. The zero-order chi connectivity index (χ0) is 20.1. The van der Waals surface area contributed by atoms with Gasteiger partial charge < -0.3 is 14.7 Å². The van der Waals surface area contributed by atoms with Gasteiger partial charge in [-0.3, -0.25) is 4.79 Å². The van der Waals surface area contributed by atoms with Crippen LogP contribution in [0.4, 0.5) is 0 Å². The molecule has 2 heterocycles. The molecule has 1 saturated heterocycles. The SMILES string of the molecule is Cc1cc(OC(C)C)nc(C2CCC3(CC2)CN(C(=O)C2CC(C)(O)C2)C3)c1. The van der Waals surface area contributed by atoms with Gasteiger partial charge in [0.05, 0.1) is 11.7 Å². The Hall–Kier alpha value is -1.62. The molecule has 5 heteroatoms. The molecule has 154 valence electrons. The fourth-order valence-electron chi connectivity index (χ4n) is 5.37. The number of carbonyl (C=O) groups is 1. The van der Waals surface area contributed by atoms with E-state index in [1.807, 2.05) is 31.7 Å². The molecular formula is C23H34N2O3. The Bertz CT molecular complexity index is 734. The first kappa shape index (κ1) is 19.7. The molecule has 1 N–H and O–H groups in total. The molecule has 0 unspecified atom stereocenters. The van der Waals surface area contributed by atoms with Gasteiger partial charge in [-0.05, 0) is 77.8 Å². The van der Waals surface area contributed by atoms with Gasteiger partial charge in [-0.25, -0.2) is 4.98 Å². The van der Waals surface area contributed by atoms with E-state index in [4.69, 9.17) is 9.72 Å². The van der Waals surface area contributed by atoms with Crippen LogP contribution in [0.25, 0.3) is 0 Å². The molecule has 5 nitrogen and oxygen atoms in total. The molecule has 3 fully saturated rings. The maximum Gasteiger partial charge on any atom is 0.225 e. The number of amides is 1. The lowest BCUT2D eigenvalue weighted by Gasteiger charge is -2.55. The number of aliphatic hydroxyl groups is 1. The van der Waals surface area contributed by atoms with Crippen LogP contribution in [-0.4, -0.2) is 45.7 Å². The number of nitrogens with zero attached hydrogens (tertiary/aromatic N) is 2. The number of hydrogen-bond donors (Lipinski definition) is 1. The summed E-state index contributed by atoms with van der Waals surface area (Å²) in [6, 6.07) is 4.22. The molecular weight excluding hydrogens is 352 g/mol. The smallest absolute Gasteiger partial charge is 0.225 e. The van der Waals surface area contributed by atoms with Crippen molar-refractivity contribution in [1.29, 1.82) is 0 Å². The Balaban J connectivity index is 1.31. The van der Waals surface area contributed by atoms with Gasteiger partial charge >= 0.3 is 0 Å². The van der Waals surface area contributed by atoms with Gasteiger partial charge in [-0.1, -0.05) is 0 Å². The molecule has 4 rings (SSSR count). The summed E-state index contributed by atoms with van der Waals surface area (Å²) < 4.78 is 5.82. The number of likely N-dealkylation sites (tertiary alicyclic amines) is 1. The number of pyridine rings is 1. The quantitative estimate of drug-likeness (QED) is 0.854. The number of ether oxygens (including phenoxy) is 1. The van der Waals surface area contributed by atoms with Crippen LogP contribution in [0.15, 0.2) is 12.1 Å². The first-order valence-corrected chi connectivity index (χ1v) is 10.8. The van der Waals surface area contributed by atoms with Crippen LogP contribution in [-0.2, 0) is 4.79 Å². The van der Waals surface area contributed by atoms with E-state index in [2.05, 4.69) is 13.0 Å². The van der Waals surface area contributed by atoms with E-state index in [0.29, 0.717) is 24.2 Å². The number of rotatable bonds is 4. The largest absolute Gasteiger partial charge is 0.475 e. The standard InChI is InChI=1S/C23H34N2O3/c1-15(2)28-20-10-16(3)9-19(24-20)17-5-7-23(8-6-17)13-25(14-23)21(26)18-11-22(4,27)12-18/h9-10,15,17-18,27H,5-8,11-14H2,1-4H3. The van der Waals surface area contributed by atoms with E-state index in [-0.39, 0.29) is 17.9 Å². The van der Waals surface area contributed by atoms with Crippen molar-refractivity contribution in [1.82, 2.24) is 9.88 Å². The highest BCUT2D eigenvalue weighted by molar-refractivity contribution is 5.81. The highest BCUT2D eigenvalue weighted by Crippen LogP contribution is 2.49. The van der Waals surface area contributed by atoms with Gasteiger partial charge in [0.1, 0.15) is 0 Å². The predicted molar refractivity (Wildman–Crippen MR) is 108 cm³/mol. The highest BCUT2D eigenvalue weighted by atomic mass is 16.5. The van der Waals surface area contributed by atoms with E-state index in [1.54, 1.807) is 0 Å². The number of hydrogen-bond acceptors (Lipinski definition) is 4. The van der Waals surface area contributed by atoms with E-state index < -0.39 is 5.60 Å². The van der Waals surface area contributed by atoms with E-state index in [0.717, 1.165) is 37.5 Å². The van der Waals surface area contributed by atoms with Crippen molar-refractivity contribution in [2.75, 3.05) is 13.1 Å². The minimum absolute atomic E-state index is 0.0413. The highest BCUT2D eigenvalue weighted by Gasteiger charge is 2.51. The van der Waals surface area contributed by atoms with Gasteiger partial charge in [-0.2, -0.15) is 0 Å². The second-order valence-electron chi connectivity index (χ2n) is 10.1. The Labute approximate surface area is 168 Å². The van der Waals surface area contributed by atoms with E-state index in [1.165, 1.54) is 18.4 Å². The van der Waals surface area contributed by atoms with Gasteiger partial charge in [0.2, 0.25) is 11.8 Å². The molecule has 1 aromatic rings. The molecule has 1 spiro atoms. The lowest BCUT2D eigenvalue weighted by atomic mass is 9.64. The Kier molecular flexibility index (Phi) is 4.93. The molecule has 2 saturated carbocycles. The van der Waals surface area contributed by atoms with Crippen molar-refractivity contribution >= 4 is 5.91 Å². The Morgan fingerprint density at radius 2 is 1.89 bits per heavy atom. The average molecular weight is 387 g/mol. The number of aryl methyl sites for hydroxylation is 1. The summed E-state index contributed by atoms with van der Waals surface area (Å²) in [7, 11) is 0. The number of aromatic nitrogens is 1. The summed E-state index contributed by atoms with van der Waals surface area (Å²) in [4.78, 5) is 19.4.